The van der Waals surface area contributed by atoms with Gasteiger partial charge in [-0.05, 0) is 42.5 Å². The first-order valence-electron chi connectivity index (χ1n) is 8.17. The minimum Gasteiger partial charge on any atom is -0.462 e. The van der Waals surface area contributed by atoms with Crippen molar-refractivity contribution in [1.82, 2.24) is 0 Å². The zero-order valence-electron chi connectivity index (χ0n) is 14.1. The molecule has 1 atom stereocenters. The number of carbonyl (C=O) groups excluding carboxylic acids is 1. The van der Waals surface area contributed by atoms with E-state index < -0.39 is 0 Å². The lowest BCUT2D eigenvalue weighted by atomic mass is 10.2. The largest absolute Gasteiger partial charge is 0.462 e. The van der Waals surface area contributed by atoms with Crippen LogP contribution < -0.4 is 14.8 Å². The number of hydrogen-bond acceptors (Lipinski definition) is 6. The molecule has 6 heteroatoms. The minimum atomic E-state index is -0.366. The molecule has 2 aromatic carbocycles. The van der Waals surface area contributed by atoms with Gasteiger partial charge in [0.25, 0.3) is 0 Å². The molecule has 1 aliphatic rings. The lowest BCUT2D eigenvalue weighted by Crippen LogP contribution is -2.09. The molecule has 0 aliphatic carbocycles. The van der Waals surface area contributed by atoms with Crippen LogP contribution in [0.15, 0.2) is 48.5 Å². The van der Waals surface area contributed by atoms with Crippen LogP contribution in [0.1, 0.15) is 16.8 Å². The molecular formula is C19H21NO5. The van der Waals surface area contributed by atoms with E-state index in [4.69, 9.17) is 18.9 Å². The first-order chi connectivity index (χ1) is 12.2. The summed E-state index contributed by atoms with van der Waals surface area (Å²) in [5.41, 5.74) is 1.46. The third-order valence-electron chi connectivity index (χ3n) is 3.74. The second-order valence-electron chi connectivity index (χ2n) is 5.59. The molecule has 0 bridgehead atoms. The smallest absolute Gasteiger partial charge is 0.338 e. The van der Waals surface area contributed by atoms with Gasteiger partial charge in [0.1, 0.15) is 11.5 Å². The molecule has 1 unspecified atom stereocenters. The van der Waals surface area contributed by atoms with E-state index in [0.29, 0.717) is 23.7 Å². The normalized spacial score (nSPS) is 15.3. The molecular weight excluding hydrogens is 322 g/mol. The van der Waals surface area contributed by atoms with Crippen molar-refractivity contribution in [3.05, 3.63) is 54.1 Å². The predicted octanol–water partition coefficient (Wildman–Crippen LogP) is 3.09. The van der Waals surface area contributed by atoms with Gasteiger partial charge in [-0.3, -0.25) is 0 Å². The van der Waals surface area contributed by atoms with E-state index in [1.807, 2.05) is 31.3 Å². The fraction of sp³-hybridized carbons (Fsp3) is 0.316. The second kappa shape index (κ2) is 8.39. The summed E-state index contributed by atoms with van der Waals surface area (Å²) < 4.78 is 21.4. The summed E-state index contributed by atoms with van der Waals surface area (Å²) in [6.07, 6.45) is 0.990. The number of epoxide rings is 1. The van der Waals surface area contributed by atoms with Gasteiger partial charge in [0, 0.05) is 19.2 Å². The van der Waals surface area contributed by atoms with Crippen LogP contribution in [-0.2, 0) is 9.47 Å². The molecule has 1 saturated heterocycles. The molecule has 1 aliphatic heterocycles. The van der Waals surface area contributed by atoms with Gasteiger partial charge < -0.3 is 24.3 Å². The maximum atomic E-state index is 12.0. The van der Waals surface area contributed by atoms with Crippen LogP contribution in [0.25, 0.3) is 0 Å². The lowest BCUT2D eigenvalue weighted by Gasteiger charge is -2.10. The Morgan fingerprint density at radius 1 is 1.16 bits per heavy atom. The van der Waals surface area contributed by atoms with Crippen molar-refractivity contribution in [3.8, 4) is 11.5 Å². The summed E-state index contributed by atoms with van der Waals surface area (Å²) in [6, 6.07) is 14.4. The standard InChI is InChI=1S/C19H21NO5/c1-20-15-5-7-16(8-6-15)24-13-25-17-4-2-3-14(11-17)19(21)22-10-9-18-12-23-18/h2-8,11,18,20H,9-10,12-13H2,1H3. The number of benzene rings is 2. The van der Waals surface area contributed by atoms with Crippen LogP contribution in [0.3, 0.4) is 0 Å². The first kappa shape index (κ1) is 17.1. The van der Waals surface area contributed by atoms with Gasteiger partial charge in [-0.2, -0.15) is 0 Å². The van der Waals surface area contributed by atoms with Crippen molar-refractivity contribution in [1.29, 1.82) is 0 Å². The fourth-order valence-corrected chi connectivity index (χ4v) is 2.20. The van der Waals surface area contributed by atoms with Gasteiger partial charge in [0.15, 0.2) is 0 Å². The van der Waals surface area contributed by atoms with Crippen molar-refractivity contribution in [2.45, 2.75) is 12.5 Å². The molecule has 6 nitrogen and oxygen atoms in total. The average Bonchev–Trinajstić information content (AvgIpc) is 3.47. The Kier molecular flexibility index (Phi) is 5.74. The van der Waals surface area contributed by atoms with Crippen molar-refractivity contribution in [2.75, 3.05) is 32.4 Å². The second-order valence-corrected chi connectivity index (χ2v) is 5.59. The maximum Gasteiger partial charge on any atom is 0.338 e. The Morgan fingerprint density at radius 3 is 2.64 bits per heavy atom. The number of carbonyl (C=O) groups is 1. The summed E-state index contributed by atoms with van der Waals surface area (Å²) in [6.45, 7) is 1.18. The average molecular weight is 343 g/mol. The Hall–Kier alpha value is -2.73. The maximum absolute atomic E-state index is 12.0. The molecule has 0 saturated carbocycles. The molecule has 1 heterocycles. The van der Waals surface area contributed by atoms with Crippen LogP contribution in [-0.4, -0.2) is 39.1 Å². The number of rotatable bonds is 9. The monoisotopic (exact) mass is 343 g/mol. The molecule has 0 radical (unpaired) electrons. The van der Waals surface area contributed by atoms with Crippen molar-refractivity contribution in [2.24, 2.45) is 0 Å². The van der Waals surface area contributed by atoms with Gasteiger partial charge in [-0.25, -0.2) is 4.79 Å². The van der Waals surface area contributed by atoms with Crippen molar-refractivity contribution < 1.29 is 23.7 Å². The molecule has 132 valence electrons. The van der Waals surface area contributed by atoms with E-state index >= 15 is 0 Å². The van der Waals surface area contributed by atoms with Gasteiger partial charge in [-0.15, -0.1) is 0 Å². The fourth-order valence-electron chi connectivity index (χ4n) is 2.20. The summed E-state index contributed by atoms with van der Waals surface area (Å²) >= 11 is 0. The SMILES string of the molecule is CNc1ccc(OCOc2cccc(C(=O)OCCC3CO3)c2)cc1. The highest BCUT2D eigenvalue weighted by Crippen LogP contribution is 2.18. The highest BCUT2D eigenvalue weighted by molar-refractivity contribution is 5.89. The third-order valence-corrected chi connectivity index (χ3v) is 3.74. The van der Waals surface area contributed by atoms with E-state index in [0.717, 1.165) is 18.7 Å². The Balaban J connectivity index is 1.46. The highest BCUT2D eigenvalue weighted by Gasteiger charge is 2.22. The molecule has 0 amide bonds. The lowest BCUT2D eigenvalue weighted by molar-refractivity contribution is 0.0491. The molecule has 25 heavy (non-hydrogen) atoms. The minimum absolute atomic E-state index is 0.0520. The van der Waals surface area contributed by atoms with Gasteiger partial charge >= 0.3 is 5.97 Å². The molecule has 3 rings (SSSR count). The van der Waals surface area contributed by atoms with E-state index in [9.17, 15) is 4.79 Å². The van der Waals surface area contributed by atoms with Gasteiger partial charge in [0.2, 0.25) is 6.79 Å². The first-order valence-corrected chi connectivity index (χ1v) is 8.17. The molecule has 1 fully saturated rings. The number of esters is 1. The van der Waals surface area contributed by atoms with E-state index in [1.54, 1.807) is 24.3 Å². The van der Waals surface area contributed by atoms with E-state index in [1.165, 1.54) is 0 Å². The Bertz CT molecular complexity index is 697. The van der Waals surface area contributed by atoms with Crippen LogP contribution in [0, 0.1) is 0 Å². The van der Waals surface area contributed by atoms with Crippen LogP contribution in [0.5, 0.6) is 11.5 Å². The van der Waals surface area contributed by atoms with E-state index in [-0.39, 0.29) is 18.9 Å². The molecule has 2 aromatic rings. The molecule has 0 aromatic heterocycles. The highest BCUT2D eigenvalue weighted by atomic mass is 16.7. The van der Waals surface area contributed by atoms with Crippen LogP contribution in [0.4, 0.5) is 5.69 Å². The quantitative estimate of drug-likeness (QED) is 0.429. The number of hydrogen-bond donors (Lipinski definition) is 1. The zero-order valence-corrected chi connectivity index (χ0v) is 14.1. The summed E-state index contributed by atoms with van der Waals surface area (Å²) in [4.78, 5) is 12.0. The molecule has 1 N–H and O–H groups in total. The topological polar surface area (TPSA) is 69.3 Å². The number of nitrogens with one attached hydrogen (secondary N) is 1. The van der Waals surface area contributed by atoms with Crippen molar-refractivity contribution in [3.63, 3.8) is 0 Å². The van der Waals surface area contributed by atoms with Crippen molar-refractivity contribution >= 4 is 11.7 Å². The Labute approximate surface area is 146 Å². The Morgan fingerprint density at radius 2 is 1.92 bits per heavy atom. The van der Waals surface area contributed by atoms with Crippen LogP contribution >= 0.6 is 0 Å². The molecule has 0 spiro atoms. The third kappa shape index (κ3) is 5.39. The van der Waals surface area contributed by atoms with Crippen LogP contribution in [0.2, 0.25) is 0 Å². The van der Waals surface area contributed by atoms with Gasteiger partial charge in [-0.1, -0.05) is 6.07 Å². The summed E-state index contributed by atoms with van der Waals surface area (Å²) in [7, 11) is 1.86. The number of anilines is 1. The predicted molar refractivity (Wildman–Crippen MR) is 93.2 cm³/mol. The number of ether oxygens (including phenoxy) is 4. The summed E-state index contributed by atoms with van der Waals surface area (Å²) in [5, 5.41) is 3.04. The zero-order chi connectivity index (χ0) is 17.5. The van der Waals surface area contributed by atoms with E-state index in [2.05, 4.69) is 5.32 Å². The van der Waals surface area contributed by atoms with Gasteiger partial charge in [0.05, 0.1) is 24.9 Å². The summed E-state index contributed by atoms with van der Waals surface area (Å²) in [5.74, 6) is 0.887.